The van der Waals surface area contributed by atoms with Crippen LogP contribution < -0.4 is 10.9 Å². The Balaban J connectivity index is 1.58. The van der Waals surface area contributed by atoms with Crippen molar-refractivity contribution in [2.45, 2.75) is 6.61 Å². The molecule has 2 heterocycles. The number of H-pyrrole nitrogens is 2. The van der Waals surface area contributed by atoms with Crippen LogP contribution >= 0.6 is 0 Å². The van der Waals surface area contributed by atoms with Crippen molar-refractivity contribution in [3.8, 4) is 11.4 Å². The summed E-state index contributed by atoms with van der Waals surface area (Å²) in [7, 11) is 0. The molecule has 0 radical (unpaired) electrons. The lowest BCUT2D eigenvalue weighted by molar-refractivity contribution is -0.384. The first kappa shape index (κ1) is 22.1. The molecule has 0 atom stereocenters. The number of nitrogens with zero attached hydrogens (tertiary/aromatic N) is 3. The molecule has 0 fully saturated rings. The summed E-state index contributed by atoms with van der Waals surface area (Å²) in [5, 5.41) is 23.1. The molecule has 14 heteroatoms. The van der Waals surface area contributed by atoms with Gasteiger partial charge >= 0.3 is 12.1 Å². The van der Waals surface area contributed by atoms with Crippen LogP contribution in [0.25, 0.3) is 22.4 Å². The van der Waals surface area contributed by atoms with Gasteiger partial charge in [-0.3, -0.25) is 20.2 Å². The molecule has 2 aromatic heterocycles. The Hall–Kier alpha value is -5.14. The van der Waals surface area contributed by atoms with E-state index in [1.54, 1.807) is 0 Å². The van der Waals surface area contributed by atoms with Crippen LogP contribution in [0.15, 0.2) is 47.4 Å². The van der Waals surface area contributed by atoms with Crippen LogP contribution in [-0.2, 0) is 11.3 Å². The van der Waals surface area contributed by atoms with Crippen molar-refractivity contribution in [3.05, 3.63) is 80.3 Å². The van der Waals surface area contributed by atoms with E-state index in [2.05, 4.69) is 25.3 Å². The highest BCUT2D eigenvalue weighted by Crippen LogP contribution is 2.31. The average Bonchev–Trinajstić information content (AvgIpc) is 3.26. The van der Waals surface area contributed by atoms with Gasteiger partial charge in [-0.15, -0.1) is 0 Å². The van der Waals surface area contributed by atoms with Crippen LogP contribution in [0.3, 0.4) is 0 Å². The second-order valence-corrected chi connectivity index (χ2v) is 6.81. The van der Waals surface area contributed by atoms with Gasteiger partial charge in [0.2, 0.25) is 5.69 Å². The summed E-state index contributed by atoms with van der Waals surface area (Å²) in [6, 6.07) is 7.27. The number of aromatic amines is 2. The van der Waals surface area contributed by atoms with Crippen LogP contribution in [0, 0.1) is 15.9 Å². The van der Waals surface area contributed by atoms with Crippen molar-refractivity contribution in [1.82, 2.24) is 19.9 Å². The number of nitro benzene ring substituents is 1. The number of benzene rings is 2. The van der Waals surface area contributed by atoms with Gasteiger partial charge in [-0.2, -0.15) is 0 Å². The van der Waals surface area contributed by atoms with E-state index in [9.17, 15) is 28.9 Å². The van der Waals surface area contributed by atoms with Gasteiger partial charge in [-0.05, 0) is 30.3 Å². The topological polar surface area (TPSA) is 193 Å². The number of carboxylic acid groups (broad SMARTS) is 1. The number of carbonyl (C=O) groups is 2. The fraction of sp³-hybridized carbons (Fsp3) is 0.0500. The molecule has 0 spiro atoms. The van der Waals surface area contributed by atoms with E-state index >= 15 is 0 Å². The van der Waals surface area contributed by atoms with Crippen LogP contribution in [0.5, 0.6) is 0 Å². The molecule has 2 aromatic carbocycles. The third-order valence-corrected chi connectivity index (χ3v) is 4.54. The van der Waals surface area contributed by atoms with Crippen molar-refractivity contribution in [3.63, 3.8) is 0 Å². The van der Waals surface area contributed by atoms with Crippen LogP contribution in [0.1, 0.15) is 16.2 Å². The Morgan fingerprint density at radius 1 is 1.21 bits per heavy atom. The number of nitro groups is 1. The van der Waals surface area contributed by atoms with Crippen LogP contribution in [-0.4, -0.2) is 42.0 Å². The highest BCUT2D eigenvalue weighted by molar-refractivity contribution is 5.90. The fourth-order valence-corrected chi connectivity index (χ4v) is 3.01. The van der Waals surface area contributed by atoms with E-state index < -0.39 is 39.7 Å². The second-order valence-electron chi connectivity index (χ2n) is 6.81. The zero-order valence-electron chi connectivity index (χ0n) is 16.9. The van der Waals surface area contributed by atoms with Crippen molar-refractivity contribution in [1.29, 1.82) is 0 Å². The highest BCUT2D eigenvalue weighted by Gasteiger charge is 2.22. The number of imidazole rings is 1. The van der Waals surface area contributed by atoms with Gasteiger partial charge in [0.15, 0.2) is 0 Å². The number of halogens is 1. The molecule has 0 saturated carbocycles. The summed E-state index contributed by atoms with van der Waals surface area (Å²) in [6.07, 6.45) is 0.527. The van der Waals surface area contributed by atoms with E-state index in [-0.39, 0.29) is 34.7 Å². The molecular weight excluding hydrogens is 455 g/mol. The number of rotatable bonds is 6. The molecule has 0 saturated heterocycles. The summed E-state index contributed by atoms with van der Waals surface area (Å²) in [6.45, 7) is -0.292. The second kappa shape index (κ2) is 8.78. The maximum Gasteiger partial charge on any atom is 0.412 e. The zero-order valence-corrected chi connectivity index (χ0v) is 16.9. The molecule has 0 unspecified atom stereocenters. The lowest BCUT2D eigenvalue weighted by Crippen LogP contribution is -2.19. The number of nitrogens with one attached hydrogen (secondary N) is 3. The van der Waals surface area contributed by atoms with Gasteiger partial charge in [-0.1, -0.05) is 0 Å². The number of amides is 1. The molecule has 4 rings (SSSR count). The zero-order chi connectivity index (χ0) is 24.4. The summed E-state index contributed by atoms with van der Waals surface area (Å²) in [5.41, 5.74) is -1.74. The molecule has 4 N–H and O–H groups in total. The summed E-state index contributed by atoms with van der Waals surface area (Å²) in [4.78, 5) is 58.7. The number of hydrogen-bond acceptors (Lipinski definition) is 8. The maximum atomic E-state index is 12.9. The molecule has 0 aliphatic heterocycles. The van der Waals surface area contributed by atoms with Crippen molar-refractivity contribution < 1.29 is 28.7 Å². The summed E-state index contributed by atoms with van der Waals surface area (Å²) >= 11 is 0. The average molecular weight is 468 g/mol. The molecule has 1 amide bonds. The standard InChI is InChI=1S/C20H13FN6O7/c21-9-1-3-10(4-2-9)24-20(31)34-8-11-7-22-17(23-11)12-5-13-14(6-15(12)27(32)33)26-18(28)16(25-13)19(29)30/h1-7H,8H2,(H,22,23)(H,24,31)(H,26,28)(H,29,30). The summed E-state index contributed by atoms with van der Waals surface area (Å²) in [5.74, 6) is -2.00. The lowest BCUT2D eigenvalue weighted by atomic mass is 10.1. The number of aromatic carboxylic acids is 1. The first-order valence-corrected chi connectivity index (χ1v) is 9.41. The smallest absolute Gasteiger partial charge is 0.412 e. The Morgan fingerprint density at radius 2 is 1.94 bits per heavy atom. The monoisotopic (exact) mass is 468 g/mol. The molecule has 13 nitrogen and oxygen atoms in total. The molecule has 172 valence electrons. The number of fused-ring (bicyclic) bond motifs is 1. The SMILES string of the molecule is O=C(Nc1ccc(F)cc1)OCc1c[nH]c(-c2cc3nc(C(=O)O)c(=O)[nH]c3cc2[N+](=O)[O-])n1. The number of ether oxygens (including phenoxy) is 1. The Bertz CT molecular complexity index is 1500. The van der Waals surface area contributed by atoms with E-state index in [0.29, 0.717) is 5.69 Å². The van der Waals surface area contributed by atoms with Gasteiger partial charge in [0.05, 0.1) is 27.2 Å². The minimum atomic E-state index is -1.56. The molecule has 0 aliphatic rings. The molecule has 0 aliphatic carbocycles. The van der Waals surface area contributed by atoms with E-state index in [0.717, 1.165) is 18.2 Å². The molecule has 4 aromatic rings. The Morgan fingerprint density at radius 3 is 2.62 bits per heavy atom. The number of hydrogen-bond donors (Lipinski definition) is 4. The van der Waals surface area contributed by atoms with Crippen molar-refractivity contribution in [2.75, 3.05) is 5.32 Å². The first-order chi connectivity index (χ1) is 16.2. The number of anilines is 1. The largest absolute Gasteiger partial charge is 0.476 e. The summed E-state index contributed by atoms with van der Waals surface area (Å²) < 4.78 is 18.0. The minimum absolute atomic E-state index is 0.00882. The predicted molar refractivity (Wildman–Crippen MR) is 114 cm³/mol. The van der Waals surface area contributed by atoms with Crippen molar-refractivity contribution in [2.24, 2.45) is 0 Å². The normalized spacial score (nSPS) is 10.7. The number of carbonyl (C=O) groups excluding carboxylic acids is 1. The quantitative estimate of drug-likeness (QED) is 0.243. The Kier molecular flexibility index (Phi) is 5.70. The van der Waals surface area contributed by atoms with Gasteiger partial charge in [-0.25, -0.2) is 23.9 Å². The molecule has 0 bridgehead atoms. The third-order valence-electron chi connectivity index (χ3n) is 4.54. The van der Waals surface area contributed by atoms with Gasteiger partial charge in [0.1, 0.15) is 18.2 Å². The highest BCUT2D eigenvalue weighted by atomic mass is 19.1. The van der Waals surface area contributed by atoms with Crippen LogP contribution in [0.2, 0.25) is 0 Å². The van der Waals surface area contributed by atoms with Crippen molar-refractivity contribution >= 4 is 34.5 Å². The van der Waals surface area contributed by atoms with E-state index in [1.165, 1.54) is 24.4 Å². The minimum Gasteiger partial charge on any atom is -0.476 e. The van der Waals surface area contributed by atoms with Gasteiger partial charge in [0, 0.05) is 18.0 Å². The third kappa shape index (κ3) is 4.55. The predicted octanol–water partition coefficient (Wildman–Crippen LogP) is 2.81. The van der Waals surface area contributed by atoms with Gasteiger partial charge < -0.3 is 19.8 Å². The lowest BCUT2D eigenvalue weighted by Gasteiger charge is -2.05. The van der Waals surface area contributed by atoms with Crippen LogP contribution in [0.4, 0.5) is 20.6 Å². The number of aromatic nitrogens is 4. The van der Waals surface area contributed by atoms with E-state index in [4.69, 9.17) is 9.84 Å². The first-order valence-electron chi connectivity index (χ1n) is 9.41. The number of carboxylic acids is 1. The van der Waals surface area contributed by atoms with E-state index in [1.807, 2.05) is 0 Å². The Labute approximate surface area is 187 Å². The fourth-order valence-electron chi connectivity index (χ4n) is 3.01. The maximum absolute atomic E-state index is 12.9. The molecule has 34 heavy (non-hydrogen) atoms. The van der Waals surface area contributed by atoms with Gasteiger partial charge in [0.25, 0.3) is 11.2 Å². The molecular formula is C20H13FN6O7.